The normalized spacial score (nSPS) is 9.64. The minimum absolute atomic E-state index is 0.0572. The second-order valence-corrected chi connectivity index (χ2v) is 3.65. The van der Waals surface area contributed by atoms with E-state index in [1.54, 1.807) is 25.3 Å². The first kappa shape index (κ1) is 11.3. The Labute approximate surface area is 95.5 Å². The van der Waals surface area contributed by atoms with E-state index >= 15 is 0 Å². The zero-order chi connectivity index (χ0) is 10.6. The number of benzene rings is 1. The number of amides is 1. The molecule has 0 aliphatic rings. The van der Waals surface area contributed by atoms with E-state index in [0.29, 0.717) is 11.4 Å². The first-order valence-electron chi connectivity index (χ1n) is 3.86. The van der Waals surface area contributed by atoms with Gasteiger partial charge in [0.2, 0.25) is 5.91 Å². The van der Waals surface area contributed by atoms with Crippen LogP contribution in [0.1, 0.15) is 0 Å². The quantitative estimate of drug-likeness (QED) is 0.863. The third kappa shape index (κ3) is 2.89. The van der Waals surface area contributed by atoms with Gasteiger partial charge in [0.15, 0.2) is 0 Å². The molecular weight excluding hydrogens is 269 g/mol. The molecule has 1 rings (SSSR count). The van der Waals surface area contributed by atoms with Gasteiger partial charge in [0, 0.05) is 11.8 Å². The van der Waals surface area contributed by atoms with E-state index in [1.807, 2.05) is 0 Å². The molecule has 0 aliphatic heterocycles. The van der Waals surface area contributed by atoms with Crippen molar-refractivity contribution < 1.29 is 9.53 Å². The topological polar surface area (TPSA) is 38.3 Å². The molecular formula is C9H9BrClNO2. The van der Waals surface area contributed by atoms with Crippen LogP contribution in [0.15, 0.2) is 22.7 Å². The summed E-state index contributed by atoms with van der Waals surface area (Å²) in [5.41, 5.74) is 0.663. The summed E-state index contributed by atoms with van der Waals surface area (Å²) in [4.78, 5) is 11.0. The molecule has 0 fully saturated rings. The fourth-order valence-electron chi connectivity index (χ4n) is 0.932. The fourth-order valence-corrected chi connectivity index (χ4v) is 1.41. The van der Waals surface area contributed by atoms with Crippen LogP contribution in [0.2, 0.25) is 0 Å². The molecule has 76 valence electrons. The molecule has 0 saturated heterocycles. The molecule has 0 bridgehead atoms. The van der Waals surface area contributed by atoms with E-state index in [1.165, 1.54) is 0 Å². The number of nitrogens with one attached hydrogen (secondary N) is 1. The third-order valence-corrected chi connectivity index (χ3v) is 2.45. The molecule has 1 N–H and O–H groups in total. The maximum atomic E-state index is 11.0. The zero-order valence-corrected chi connectivity index (χ0v) is 9.85. The van der Waals surface area contributed by atoms with Crippen molar-refractivity contribution >= 4 is 39.1 Å². The highest BCUT2D eigenvalue weighted by Gasteiger charge is 2.03. The van der Waals surface area contributed by atoms with Crippen LogP contribution in [0.25, 0.3) is 0 Å². The highest BCUT2D eigenvalue weighted by Crippen LogP contribution is 2.27. The van der Waals surface area contributed by atoms with Crippen molar-refractivity contribution in [2.75, 3.05) is 18.3 Å². The van der Waals surface area contributed by atoms with Crippen molar-refractivity contribution in [3.8, 4) is 5.75 Å². The Kier molecular flexibility index (Phi) is 4.22. The molecule has 5 heteroatoms. The summed E-state index contributed by atoms with van der Waals surface area (Å²) < 4.78 is 5.91. The highest BCUT2D eigenvalue weighted by molar-refractivity contribution is 9.10. The average Bonchev–Trinajstić information content (AvgIpc) is 2.20. The van der Waals surface area contributed by atoms with E-state index in [9.17, 15) is 4.79 Å². The lowest BCUT2D eigenvalue weighted by molar-refractivity contribution is -0.113. The van der Waals surface area contributed by atoms with E-state index in [2.05, 4.69) is 21.2 Å². The van der Waals surface area contributed by atoms with Gasteiger partial charge >= 0.3 is 0 Å². The minimum Gasteiger partial charge on any atom is -0.495 e. The van der Waals surface area contributed by atoms with Crippen LogP contribution in [0.5, 0.6) is 5.75 Å². The number of hydrogen-bond donors (Lipinski definition) is 1. The molecule has 1 aromatic carbocycles. The summed E-state index contributed by atoms with van der Waals surface area (Å²) in [7, 11) is 1.56. The number of carbonyl (C=O) groups is 1. The van der Waals surface area contributed by atoms with Crippen LogP contribution in [-0.4, -0.2) is 18.9 Å². The van der Waals surface area contributed by atoms with Crippen molar-refractivity contribution in [3.63, 3.8) is 0 Å². The number of rotatable bonds is 3. The van der Waals surface area contributed by atoms with E-state index < -0.39 is 0 Å². The number of methoxy groups -OCH3 is 1. The lowest BCUT2D eigenvalue weighted by Gasteiger charge is -2.07. The van der Waals surface area contributed by atoms with Gasteiger partial charge in [-0.15, -0.1) is 11.6 Å². The maximum absolute atomic E-state index is 11.0. The number of ether oxygens (including phenoxy) is 1. The molecule has 1 amide bonds. The Morgan fingerprint density at radius 1 is 1.64 bits per heavy atom. The van der Waals surface area contributed by atoms with E-state index in [0.717, 1.165) is 4.47 Å². The summed E-state index contributed by atoms with van der Waals surface area (Å²) >= 11 is 8.66. The predicted molar refractivity (Wildman–Crippen MR) is 60.0 cm³/mol. The second kappa shape index (κ2) is 5.22. The molecule has 0 radical (unpaired) electrons. The largest absolute Gasteiger partial charge is 0.495 e. The Morgan fingerprint density at radius 2 is 2.36 bits per heavy atom. The predicted octanol–water partition coefficient (Wildman–Crippen LogP) is 2.64. The van der Waals surface area contributed by atoms with Crippen LogP contribution in [0, 0.1) is 0 Å². The molecule has 0 heterocycles. The SMILES string of the molecule is COc1cc(NC(=O)CCl)ccc1Br. The molecule has 0 aromatic heterocycles. The van der Waals surface area contributed by atoms with Gasteiger partial charge in [-0.3, -0.25) is 4.79 Å². The fraction of sp³-hybridized carbons (Fsp3) is 0.222. The van der Waals surface area contributed by atoms with Gasteiger partial charge in [0.25, 0.3) is 0 Å². The van der Waals surface area contributed by atoms with E-state index in [-0.39, 0.29) is 11.8 Å². The molecule has 3 nitrogen and oxygen atoms in total. The van der Waals surface area contributed by atoms with Gasteiger partial charge in [-0.25, -0.2) is 0 Å². The molecule has 0 spiro atoms. The van der Waals surface area contributed by atoms with Crippen LogP contribution >= 0.6 is 27.5 Å². The van der Waals surface area contributed by atoms with Gasteiger partial charge in [0.05, 0.1) is 11.6 Å². The maximum Gasteiger partial charge on any atom is 0.239 e. The molecule has 0 aliphatic carbocycles. The monoisotopic (exact) mass is 277 g/mol. The number of carbonyl (C=O) groups excluding carboxylic acids is 1. The summed E-state index contributed by atoms with van der Waals surface area (Å²) in [6, 6.07) is 5.27. The minimum atomic E-state index is -0.240. The molecule has 0 unspecified atom stereocenters. The number of halogens is 2. The zero-order valence-electron chi connectivity index (χ0n) is 7.51. The highest BCUT2D eigenvalue weighted by atomic mass is 79.9. The lowest BCUT2D eigenvalue weighted by atomic mass is 10.3. The van der Waals surface area contributed by atoms with Gasteiger partial charge in [0.1, 0.15) is 11.6 Å². The van der Waals surface area contributed by atoms with E-state index in [4.69, 9.17) is 16.3 Å². The first-order chi connectivity index (χ1) is 6.67. The van der Waals surface area contributed by atoms with Crippen molar-refractivity contribution in [1.82, 2.24) is 0 Å². The number of anilines is 1. The van der Waals surface area contributed by atoms with Gasteiger partial charge in [-0.05, 0) is 28.1 Å². The van der Waals surface area contributed by atoms with Crippen LogP contribution in [0.4, 0.5) is 5.69 Å². The summed E-state index contributed by atoms with van der Waals surface area (Å²) in [5.74, 6) is 0.367. The molecule has 14 heavy (non-hydrogen) atoms. The first-order valence-corrected chi connectivity index (χ1v) is 5.19. The van der Waals surface area contributed by atoms with Crippen molar-refractivity contribution in [1.29, 1.82) is 0 Å². The Morgan fingerprint density at radius 3 is 2.93 bits per heavy atom. The standard InChI is InChI=1S/C9H9BrClNO2/c1-14-8-4-6(2-3-7(8)10)12-9(13)5-11/h2-4H,5H2,1H3,(H,12,13). The summed E-state index contributed by atoms with van der Waals surface area (Å²) in [6.07, 6.45) is 0. The van der Waals surface area contributed by atoms with Gasteiger partial charge in [-0.2, -0.15) is 0 Å². The number of alkyl halides is 1. The van der Waals surface area contributed by atoms with Crippen molar-refractivity contribution in [3.05, 3.63) is 22.7 Å². The summed E-state index contributed by atoms with van der Waals surface area (Å²) in [5, 5.41) is 2.62. The van der Waals surface area contributed by atoms with Crippen molar-refractivity contribution in [2.24, 2.45) is 0 Å². The third-order valence-electron chi connectivity index (χ3n) is 1.56. The van der Waals surface area contributed by atoms with Crippen molar-refractivity contribution in [2.45, 2.75) is 0 Å². The Balaban J connectivity index is 2.84. The van der Waals surface area contributed by atoms with Gasteiger partial charge < -0.3 is 10.1 Å². The lowest BCUT2D eigenvalue weighted by Crippen LogP contribution is -2.12. The van der Waals surface area contributed by atoms with Crippen LogP contribution < -0.4 is 10.1 Å². The molecule has 1 aromatic rings. The van der Waals surface area contributed by atoms with Crippen LogP contribution in [0.3, 0.4) is 0 Å². The second-order valence-electron chi connectivity index (χ2n) is 2.53. The molecule has 0 atom stereocenters. The number of hydrogen-bond acceptors (Lipinski definition) is 2. The Hall–Kier alpha value is -0.740. The molecule has 0 saturated carbocycles. The summed E-state index contributed by atoms with van der Waals surface area (Å²) in [6.45, 7) is 0. The van der Waals surface area contributed by atoms with Gasteiger partial charge in [-0.1, -0.05) is 0 Å². The average molecular weight is 279 g/mol. The smallest absolute Gasteiger partial charge is 0.239 e. The van der Waals surface area contributed by atoms with Crippen LogP contribution in [-0.2, 0) is 4.79 Å². The Bertz CT molecular complexity index is 344.